The second kappa shape index (κ2) is 41.9. The van der Waals surface area contributed by atoms with Crippen LogP contribution in [-0.2, 0) is 32.7 Å². The first-order chi connectivity index (χ1) is 29.4. The fraction of sp³-hybridized carbons (Fsp3) is 0.800. The van der Waals surface area contributed by atoms with E-state index in [-0.39, 0.29) is 32.2 Å². The molecule has 11 heteroatoms. The largest absolute Gasteiger partial charge is 0.756 e. The lowest BCUT2D eigenvalue weighted by Gasteiger charge is -2.28. The van der Waals surface area contributed by atoms with Crippen LogP contribution in [0, 0.1) is 0 Å². The van der Waals surface area contributed by atoms with Crippen molar-refractivity contribution in [2.24, 2.45) is 0 Å². The van der Waals surface area contributed by atoms with E-state index in [9.17, 15) is 24.2 Å². The monoisotopic (exact) mass is 882 g/mol. The lowest BCUT2D eigenvalue weighted by molar-refractivity contribution is -0.870. The van der Waals surface area contributed by atoms with Crippen LogP contribution in [0.15, 0.2) is 48.6 Å². The van der Waals surface area contributed by atoms with Crippen molar-refractivity contribution in [2.75, 3.05) is 47.5 Å². The van der Waals surface area contributed by atoms with Gasteiger partial charge in [-0.25, -0.2) is 0 Å². The second-order valence-electron chi connectivity index (χ2n) is 17.6. The van der Waals surface area contributed by atoms with Gasteiger partial charge in [0.15, 0.2) is 6.10 Å². The fourth-order valence-electron chi connectivity index (χ4n) is 6.51. The minimum absolute atomic E-state index is 0.0451. The Morgan fingerprint density at radius 3 is 1.51 bits per heavy atom. The summed E-state index contributed by atoms with van der Waals surface area (Å²) < 4.78 is 33.9. The number of phosphoric ester groups is 1. The van der Waals surface area contributed by atoms with Crippen LogP contribution >= 0.6 is 7.82 Å². The van der Waals surface area contributed by atoms with E-state index >= 15 is 0 Å². The Morgan fingerprint density at radius 2 is 1.03 bits per heavy atom. The van der Waals surface area contributed by atoms with Crippen molar-refractivity contribution in [2.45, 2.75) is 212 Å². The molecule has 0 aromatic carbocycles. The molecule has 0 aromatic rings. The smallest absolute Gasteiger partial charge is 0.306 e. The minimum atomic E-state index is -4.65. The number of hydrogen-bond donors (Lipinski definition) is 1. The molecular formula is C50H92NO9P. The average Bonchev–Trinajstić information content (AvgIpc) is 3.21. The molecule has 0 aliphatic carbocycles. The molecular weight excluding hydrogens is 790 g/mol. The molecule has 0 rings (SSSR count). The number of nitrogens with zero attached hydrogens (tertiary/aromatic N) is 1. The van der Waals surface area contributed by atoms with Crippen LogP contribution in [0.4, 0.5) is 0 Å². The summed E-state index contributed by atoms with van der Waals surface area (Å²) in [4.78, 5) is 37.6. The number of rotatable bonds is 44. The van der Waals surface area contributed by atoms with E-state index in [2.05, 4.69) is 49.5 Å². The van der Waals surface area contributed by atoms with Crippen LogP contribution in [0.3, 0.4) is 0 Å². The number of phosphoric acid groups is 1. The number of hydrogen-bond acceptors (Lipinski definition) is 9. The summed E-state index contributed by atoms with van der Waals surface area (Å²) in [5.41, 5.74) is 0. The van der Waals surface area contributed by atoms with Gasteiger partial charge in [-0.05, 0) is 57.8 Å². The summed E-state index contributed by atoms with van der Waals surface area (Å²) in [6.07, 6.45) is 46.6. The maximum atomic E-state index is 12.7. The number of ether oxygens (including phenoxy) is 2. The number of likely N-dealkylation sites (N-methyl/N-ethyl adjacent to an activating group) is 1. The Balaban J connectivity index is 4.37. The van der Waals surface area contributed by atoms with Crippen LogP contribution in [0.2, 0.25) is 0 Å². The molecule has 0 fully saturated rings. The van der Waals surface area contributed by atoms with Gasteiger partial charge in [0.05, 0.1) is 33.9 Å². The van der Waals surface area contributed by atoms with Gasteiger partial charge in [0.1, 0.15) is 19.8 Å². The minimum Gasteiger partial charge on any atom is -0.756 e. The summed E-state index contributed by atoms with van der Waals surface area (Å²) in [5, 5.41) is 9.57. The normalized spacial score (nSPS) is 14.4. The van der Waals surface area contributed by atoms with Gasteiger partial charge in [-0.3, -0.25) is 14.2 Å². The predicted octanol–water partition coefficient (Wildman–Crippen LogP) is 12.6. The molecule has 1 unspecified atom stereocenters. The van der Waals surface area contributed by atoms with Crippen LogP contribution in [0.1, 0.15) is 200 Å². The molecule has 0 radical (unpaired) electrons. The number of aliphatic hydroxyl groups excluding tert-OH is 1. The molecule has 61 heavy (non-hydrogen) atoms. The summed E-state index contributed by atoms with van der Waals surface area (Å²) in [7, 11) is 1.12. The summed E-state index contributed by atoms with van der Waals surface area (Å²) in [6, 6.07) is 0. The van der Waals surface area contributed by atoms with Crippen molar-refractivity contribution in [1.29, 1.82) is 0 Å². The molecule has 0 spiro atoms. The first-order valence-corrected chi connectivity index (χ1v) is 25.9. The summed E-state index contributed by atoms with van der Waals surface area (Å²) >= 11 is 0. The van der Waals surface area contributed by atoms with Crippen LogP contribution in [-0.4, -0.2) is 81.2 Å². The topological polar surface area (TPSA) is 131 Å². The Kier molecular flexibility index (Phi) is 40.5. The van der Waals surface area contributed by atoms with Gasteiger partial charge in [0.2, 0.25) is 0 Å². The summed E-state index contributed by atoms with van der Waals surface area (Å²) in [5.74, 6) is -0.913. The first kappa shape index (κ1) is 58.9. The molecule has 0 bridgehead atoms. The highest BCUT2D eigenvalue weighted by atomic mass is 31.2. The molecule has 0 saturated carbocycles. The van der Waals surface area contributed by atoms with Crippen molar-refractivity contribution in [3.8, 4) is 0 Å². The van der Waals surface area contributed by atoms with Gasteiger partial charge in [0, 0.05) is 12.8 Å². The highest BCUT2D eigenvalue weighted by molar-refractivity contribution is 7.45. The highest BCUT2D eigenvalue weighted by Gasteiger charge is 2.21. The van der Waals surface area contributed by atoms with E-state index in [1.807, 2.05) is 34.1 Å². The third-order valence-electron chi connectivity index (χ3n) is 10.5. The van der Waals surface area contributed by atoms with Gasteiger partial charge in [-0.15, -0.1) is 0 Å². The predicted molar refractivity (Wildman–Crippen MR) is 251 cm³/mol. The van der Waals surface area contributed by atoms with Gasteiger partial charge in [-0.2, -0.15) is 0 Å². The molecule has 1 N–H and O–H groups in total. The van der Waals surface area contributed by atoms with Gasteiger partial charge >= 0.3 is 11.9 Å². The number of aliphatic hydroxyl groups is 1. The molecule has 0 aliphatic heterocycles. The fourth-order valence-corrected chi connectivity index (χ4v) is 7.24. The van der Waals surface area contributed by atoms with Gasteiger partial charge in [-0.1, -0.05) is 178 Å². The lowest BCUT2D eigenvalue weighted by Crippen LogP contribution is -2.37. The van der Waals surface area contributed by atoms with Crippen LogP contribution in [0.5, 0.6) is 0 Å². The third-order valence-corrected chi connectivity index (χ3v) is 11.5. The van der Waals surface area contributed by atoms with Crippen LogP contribution < -0.4 is 4.89 Å². The molecule has 0 aromatic heterocycles. The SMILES string of the molecule is CCCCCCCCCCCCCCCCCCCCCC(=O)O[C@H](COC(=O)CCC/C=C\C/C=C\C/C=C\C/C=C\CC[C@@H](O)CC)COP(=O)([O-])OCC[N+](C)(C)C. The van der Waals surface area contributed by atoms with E-state index in [1.165, 1.54) is 96.3 Å². The van der Waals surface area contributed by atoms with Crippen molar-refractivity contribution < 1.29 is 47.2 Å². The van der Waals surface area contributed by atoms with E-state index < -0.39 is 32.5 Å². The molecule has 0 amide bonds. The maximum absolute atomic E-state index is 12.7. The van der Waals surface area contributed by atoms with E-state index in [0.29, 0.717) is 23.9 Å². The number of quaternary nitrogens is 1. The first-order valence-electron chi connectivity index (χ1n) is 24.4. The molecule has 0 saturated heterocycles. The average molecular weight is 882 g/mol. The Hall–Kier alpha value is -2.07. The molecule has 3 atom stereocenters. The zero-order valence-electron chi connectivity index (χ0n) is 39.7. The van der Waals surface area contributed by atoms with Gasteiger partial charge < -0.3 is 33.0 Å². The zero-order valence-corrected chi connectivity index (χ0v) is 40.6. The van der Waals surface area contributed by atoms with E-state index in [1.54, 1.807) is 0 Å². The van der Waals surface area contributed by atoms with Crippen LogP contribution in [0.25, 0.3) is 0 Å². The number of unbranched alkanes of at least 4 members (excludes halogenated alkanes) is 19. The van der Waals surface area contributed by atoms with E-state index in [0.717, 1.165) is 64.2 Å². The summed E-state index contributed by atoms with van der Waals surface area (Å²) in [6.45, 7) is 3.89. The molecule has 0 heterocycles. The van der Waals surface area contributed by atoms with Crippen molar-refractivity contribution in [3.05, 3.63) is 48.6 Å². The van der Waals surface area contributed by atoms with E-state index in [4.69, 9.17) is 18.5 Å². The number of carbonyl (C=O) groups is 2. The number of carbonyl (C=O) groups excluding carboxylic acids is 2. The van der Waals surface area contributed by atoms with Crippen molar-refractivity contribution in [1.82, 2.24) is 0 Å². The second-order valence-corrected chi connectivity index (χ2v) is 19.0. The van der Waals surface area contributed by atoms with Gasteiger partial charge in [0.25, 0.3) is 7.82 Å². The standard InChI is InChI=1S/C50H92NO9P/c1-6-8-9-10-11-12-13-14-15-16-17-18-19-24-27-30-33-36-39-42-50(54)60-48(46-59-61(55,56)58-44-43-51(3,4)5)45-57-49(53)41-38-35-32-29-26-23-21-20-22-25-28-31-34-37-40-47(52)7-2/h21-23,25,29,31-32,34,47-48,52H,6-20,24,26-28,30,33,35-46H2,1-5H3/b23-21-,25-22-,32-29-,34-31-/t47-,48+/m0/s1. The maximum Gasteiger partial charge on any atom is 0.306 e. The van der Waals surface area contributed by atoms with Crippen molar-refractivity contribution >= 4 is 19.8 Å². The number of allylic oxidation sites excluding steroid dienone is 8. The molecule has 356 valence electrons. The quantitative estimate of drug-likeness (QED) is 0.0209. The number of esters is 2. The third kappa shape index (κ3) is 45.8. The zero-order chi connectivity index (χ0) is 45.1. The molecule has 10 nitrogen and oxygen atoms in total. The Morgan fingerprint density at radius 1 is 0.590 bits per heavy atom. The molecule has 0 aliphatic rings. The Bertz CT molecular complexity index is 1200. The van der Waals surface area contributed by atoms with Crippen molar-refractivity contribution in [3.63, 3.8) is 0 Å². The Labute approximate surface area is 374 Å². The highest BCUT2D eigenvalue weighted by Crippen LogP contribution is 2.38. The lowest BCUT2D eigenvalue weighted by atomic mass is 10.0.